The van der Waals surface area contributed by atoms with Gasteiger partial charge in [0, 0.05) is 25.0 Å². The molecule has 0 radical (unpaired) electrons. The van der Waals surface area contributed by atoms with Crippen molar-refractivity contribution in [2.45, 2.75) is 39.3 Å². The van der Waals surface area contributed by atoms with E-state index in [-0.39, 0.29) is 12.1 Å². The highest BCUT2D eigenvalue weighted by Crippen LogP contribution is 2.43. The minimum atomic E-state index is -0.168. The summed E-state index contributed by atoms with van der Waals surface area (Å²) in [7, 11) is 0. The molecule has 5 rings (SSSR count). The number of thiocarbonyl (C=S) groups is 1. The molecule has 1 aromatic carbocycles. The number of halogens is 1. The molecule has 0 amide bonds. The smallest absolute Gasteiger partial charge is 0.174 e. The maximum atomic E-state index is 6.87. The van der Waals surface area contributed by atoms with Crippen LogP contribution in [0.5, 0.6) is 0 Å². The molecule has 4 atom stereocenters. The Bertz CT molecular complexity index is 1140. The Morgan fingerprint density at radius 3 is 2.52 bits per heavy atom. The first-order valence-electron chi connectivity index (χ1n) is 11.5. The minimum Gasteiger partial charge on any atom is -0.464 e. The number of rotatable bonds is 4. The van der Waals surface area contributed by atoms with Gasteiger partial charge in [0.1, 0.15) is 17.6 Å². The van der Waals surface area contributed by atoms with Crippen LogP contribution in [-0.4, -0.2) is 23.2 Å². The van der Waals surface area contributed by atoms with E-state index >= 15 is 0 Å². The Hall–Kier alpha value is -2.57. The summed E-state index contributed by atoms with van der Waals surface area (Å²) in [6.07, 6.45) is 3.07. The van der Waals surface area contributed by atoms with Crippen molar-refractivity contribution >= 4 is 40.3 Å². The fourth-order valence-electron chi connectivity index (χ4n) is 5.30. The van der Waals surface area contributed by atoms with Gasteiger partial charge in [0.15, 0.2) is 5.11 Å². The van der Waals surface area contributed by atoms with Gasteiger partial charge in [0.25, 0.3) is 0 Å². The fourth-order valence-corrected chi connectivity index (χ4v) is 5.94. The van der Waals surface area contributed by atoms with E-state index in [1.165, 1.54) is 6.42 Å². The normalized spacial score (nSPS) is 25.4. The Morgan fingerprint density at radius 2 is 1.88 bits per heavy atom. The third-order valence-corrected chi connectivity index (χ3v) is 7.19. The number of nitrogens with zero attached hydrogens (tertiary/aromatic N) is 3. The molecule has 0 aliphatic carbocycles. The van der Waals surface area contributed by atoms with Gasteiger partial charge in [-0.1, -0.05) is 31.5 Å². The molecule has 2 aliphatic rings. The summed E-state index contributed by atoms with van der Waals surface area (Å²) in [5.41, 5.74) is 2.95. The number of furan rings is 1. The summed E-state index contributed by atoms with van der Waals surface area (Å²) in [5.74, 6) is 3.02. The molecule has 33 heavy (non-hydrogen) atoms. The molecule has 7 heteroatoms. The average molecular weight is 481 g/mol. The predicted octanol–water partition coefficient (Wildman–Crippen LogP) is 6.30. The van der Waals surface area contributed by atoms with Gasteiger partial charge in [-0.15, -0.1) is 0 Å². The van der Waals surface area contributed by atoms with Gasteiger partial charge in [0.05, 0.1) is 22.4 Å². The summed E-state index contributed by atoms with van der Waals surface area (Å²) in [5, 5.41) is 4.84. The molecule has 0 saturated carbocycles. The third-order valence-electron chi connectivity index (χ3n) is 6.57. The lowest BCUT2D eigenvalue weighted by molar-refractivity contribution is 0.357. The van der Waals surface area contributed by atoms with Crippen molar-refractivity contribution in [2.24, 2.45) is 11.8 Å². The maximum Gasteiger partial charge on any atom is 0.174 e. The number of benzene rings is 1. The summed E-state index contributed by atoms with van der Waals surface area (Å²) in [4.78, 5) is 9.10. The van der Waals surface area contributed by atoms with Crippen molar-refractivity contribution in [2.75, 3.05) is 22.9 Å². The quantitative estimate of drug-likeness (QED) is 0.442. The molecule has 1 N–H and O–H groups in total. The molecular weight excluding hydrogens is 452 g/mol. The summed E-state index contributed by atoms with van der Waals surface area (Å²) in [6, 6.07) is 15.9. The zero-order chi connectivity index (χ0) is 23.1. The van der Waals surface area contributed by atoms with E-state index in [1.54, 1.807) is 6.20 Å². The predicted molar refractivity (Wildman–Crippen MR) is 138 cm³/mol. The first-order valence-corrected chi connectivity index (χ1v) is 12.3. The lowest BCUT2D eigenvalue weighted by Crippen LogP contribution is -2.38. The van der Waals surface area contributed by atoms with Crippen LogP contribution in [0, 0.1) is 18.8 Å². The van der Waals surface area contributed by atoms with Crippen molar-refractivity contribution in [1.82, 2.24) is 10.3 Å². The molecule has 3 aromatic rings. The Kier molecular flexibility index (Phi) is 6.06. The Labute approximate surface area is 205 Å². The van der Waals surface area contributed by atoms with Crippen LogP contribution in [0.25, 0.3) is 0 Å². The highest BCUT2D eigenvalue weighted by atomic mass is 35.5. The van der Waals surface area contributed by atoms with Crippen molar-refractivity contribution in [3.8, 4) is 0 Å². The van der Waals surface area contributed by atoms with Crippen LogP contribution < -0.4 is 15.1 Å². The molecule has 2 fully saturated rings. The number of anilines is 2. The second-order valence-corrected chi connectivity index (χ2v) is 10.2. The van der Waals surface area contributed by atoms with Gasteiger partial charge >= 0.3 is 0 Å². The van der Waals surface area contributed by atoms with Crippen molar-refractivity contribution in [1.29, 1.82) is 0 Å². The second kappa shape index (κ2) is 8.99. The zero-order valence-electron chi connectivity index (χ0n) is 19.2. The van der Waals surface area contributed by atoms with Gasteiger partial charge in [-0.2, -0.15) is 0 Å². The number of piperidine rings is 1. The van der Waals surface area contributed by atoms with E-state index in [2.05, 4.69) is 46.1 Å². The van der Waals surface area contributed by atoms with Gasteiger partial charge in [-0.3, -0.25) is 4.98 Å². The monoisotopic (exact) mass is 480 g/mol. The molecule has 2 saturated heterocycles. The summed E-state index contributed by atoms with van der Waals surface area (Å²) >= 11 is 12.7. The summed E-state index contributed by atoms with van der Waals surface area (Å²) in [6.45, 7) is 8.64. The molecular formula is C26H29ClN4OS. The minimum absolute atomic E-state index is 0.133. The van der Waals surface area contributed by atoms with E-state index in [1.807, 2.05) is 43.3 Å². The van der Waals surface area contributed by atoms with E-state index in [0.717, 1.165) is 46.7 Å². The van der Waals surface area contributed by atoms with Crippen molar-refractivity contribution < 1.29 is 4.42 Å². The van der Waals surface area contributed by atoms with Crippen LogP contribution >= 0.6 is 23.8 Å². The van der Waals surface area contributed by atoms with Gasteiger partial charge in [-0.05, 0) is 79.9 Å². The van der Waals surface area contributed by atoms with Gasteiger partial charge < -0.3 is 19.5 Å². The molecule has 0 bridgehead atoms. The molecule has 2 aromatic heterocycles. The van der Waals surface area contributed by atoms with Gasteiger partial charge in [0.2, 0.25) is 0 Å². The standard InChI is InChI=1S/C26H29ClN4OS/c1-16-12-17(2)15-30(14-16)22-9-8-19(13-20(22)27)31-25(23-10-7-18(3)32-23)24(29-26(31)33)21-6-4-5-11-28-21/h4-11,13,16-17,24-25H,12,14-15H2,1-3H3,(H,29,33)/t16-,17+,24-,25-/m0/s1. The first-order chi connectivity index (χ1) is 15.9. The molecule has 0 unspecified atom stereocenters. The van der Waals surface area contributed by atoms with Crippen molar-refractivity contribution in [3.05, 3.63) is 77.0 Å². The van der Waals surface area contributed by atoms with E-state index in [4.69, 9.17) is 28.2 Å². The first kappa shape index (κ1) is 22.2. The second-order valence-electron chi connectivity index (χ2n) is 9.43. The van der Waals surface area contributed by atoms with Crippen LogP contribution in [0.2, 0.25) is 5.02 Å². The highest BCUT2D eigenvalue weighted by molar-refractivity contribution is 7.80. The fraction of sp³-hybridized carbons (Fsp3) is 0.385. The molecule has 0 spiro atoms. The number of hydrogen-bond donors (Lipinski definition) is 1. The largest absolute Gasteiger partial charge is 0.464 e. The number of aromatic nitrogens is 1. The number of hydrogen-bond acceptors (Lipinski definition) is 4. The van der Waals surface area contributed by atoms with E-state index in [9.17, 15) is 0 Å². The zero-order valence-corrected chi connectivity index (χ0v) is 20.7. The maximum absolute atomic E-state index is 6.87. The number of pyridine rings is 1. The average Bonchev–Trinajstić information content (AvgIpc) is 3.36. The van der Waals surface area contributed by atoms with Crippen LogP contribution in [-0.2, 0) is 0 Å². The molecule has 4 heterocycles. The van der Waals surface area contributed by atoms with Crippen LogP contribution in [0.4, 0.5) is 11.4 Å². The van der Waals surface area contributed by atoms with Crippen LogP contribution in [0.3, 0.4) is 0 Å². The van der Waals surface area contributed by atoms with E-state index < -0.39 is 0 Å². The summed E-state index contributed by atoms with van der Waals surface area (Å²) < 4.78 is 6.08. The van der Waals surface area contributed by atoms with Gasteiger partial charge in [-0.25, -0.2) is 0 Å². The number of aryl methyl sites for hydroxylation is 1. The SMILES string of the molecule is Cc1ccc([C@H]2[C@H](c3ccccn3)NC(=S)N2c2ccc(N3C[C@H](C)C[C@H](C)C3)c(Cl)c2)o1. The molecule has 5 nitrogen and oxygen atoms in total. The lowest BCUT2D eigenvalue weighted by Gasteiger charge is -2.37. The Morgan fingerprint density at radius 1 is 1.09 bits per heavy atom. The lowest BCUT2D eigenvalue weighted by atomic mass is 9.91. The van der Waals surface area contributed by atoms with E-state index in [0.29, 0.717) is 16.9 Å². The Balaban J connectivity index is 1.51. The molecule has 2 aliphatic heterocycles. The number of nitrogens with one attached hydrogen (secondary N) is 1. The van der Waals surface area contributed by atoms with Crippen molar-refractivity contribution in [3.63, 3.8) is 0 Å². The van der Waals surface area contributed by atoms with Crippen LogP contribution in [0.15, 0.2) is 59.1 Å². The topological polar surface area (TPSA) is 44.5 Å². The molecule has 172 valence electrons. The third kappa shape index (κ3) is 4.34. The van der Waals surface area contributed by atoms with Crippen LogP contribution in [0.1, 0.15) is 49.6 Å². The highest BCUT2D eigenvalue weighted by Gasteiger charge is 2.42.